The van der Waals surface area contributed by atoms with Crippen LogP contribution in [-0.2, 0) is 11.2 Å². The fourth-order valence-electron chi connectivity index (χ4n) is 2.98. The highest BCUT2D eigenvalue weighted by Crippen LogP contribution is 2.14. The van der Waals surface area contributed by atoms with Crippen LogP contribution in [0.3, 0.4) is 0 Å². The summed E-state index contributed by atoms with van der Waals surface area (Å²) in [6.45, 7) is 10.4. The molecule has 148 valence electrons. The Hall–Kier alpha value is -3.23. The van der Waals surface area contributed by atoms with E-state index in [1.54, 1.807) is 4.68 Å². The minimum atomic E-state index is -0.0709. The van der Waals surface area contributed by atoms with Crippen molar-refractivity contribution in [3.05, 3.63) is 46.4 Å². The molecule has 3 heterocycles. The third-order valence-corrected chi connectivity index (χ3v) is 4.32. The summed E-state index contributed by atoms with van der Waals surface area (Å²) in [6.07, 6.45) is 0.260. The van der Waals surface area contributed by atoms with Crippen LogP contribution in [0.2, 0.25) is 0 Å². The molecule has 0 aliphatic rings. The zero-order chi connectivity index (χ0) is 20.3. The fraction of sp³-hybridized carbons (Fsp3) is 0.421. The van der Waals surface area contributed by atoms with E-state index >= 15 is 0 Å². The summed E-state index contributed by atoms with van der Waals surface area (Å²) in [7, 11) is 0. The molecule has 3 rings (SSSR count). The van der Waals surface area contributed by atoms with Gasteiger partial charge in [0.25, 0.3) is 0 Å². The zero-order valence-corrected chi connectivity index (χ0v) is 16.8. The fourth-order valence-corrected chi connectivity index (χ4v) is 2.98. The van der Waals surface area contributed by atoms with E-state index in [0.29, 0.717) is 36.3 Å². The maximum atomic E-state index is 12.1. The smallest absolute Gasteiger partial charge is 0.224 e. The van der Waals surface area contributed by atoms with Crippen molar-refractivity contribution in [3.63, 3.8) is 0 Å². The first-order valence-electron chi connectivity index (χ1n) is 9.15. The molecule has 0 bridgehead atoms. The van der Waals surface area contributed by atoms with Crippen molar-refractivity contribution in [2.75, 3.05) is 18.4 Å². The number of aryl methyl sites for hydroxylation is 5. The average molecular weight is 383 g/mol. The highest BCUT2D eigenvalue weighted by Gasteiger charge is 2.13. The maximum absolute atomic E-state index is 12.1. The van der Waals surface area contributed by atoms with Crippen LogP contribution in [0.15, 0.2) is 16.7 Å². The molecular weight excluding hydrogens is 358 g/mol. The third kappa shape index (κ3) is 4.54. The largest absolute Gasteiger partial charge is 0.368 e. The van der Waals surface area contributed by atoms with E-state index in [4.69, 9.17) is 4.52 Å². The average Bonchev–Trinajstić information content (AvgIpc) is 3.13. The van der Waals surface area contributed by atoms with Crippen molar-refractivity contribution >= 4 is 11.7 Å². The van der Waals surface area contributed by atoms with E-state index in [9.17, 15) is 4.79 Å². The van der Waals surface area contributed by atoms with E-state index < -0.39 is 0 Å². The van der Waals surface area contributed by atoms with Crippen molar-refractivity contribution in [3.8, 4) is 5.82 Å². The number of anilines is 1. The number of aromatic nitrogens is 5. The predicted octanol–water partition coefficient (Wildman–Crippen LogP) is 1.96. The molecule has 0 atom stereocenters. The summed E-state index contributed by atoms with van der Waals surface area (Å²) in [6, 6.07) is 3.84. The van der Waals surface area contributed by atoms with Gasteiger partial charge in [0.05, 0.1) is 17.8 Å². The molecule has 0 spiro atoms. The Morgan fingerprint density at radius 3 is 2.54 bits per heavy atom. The van der Waals surface area contributed by atoms with Gasteiger partial charge in [-0.3, -0.25) is 4.79 Å². The Morgan fingerprint density at radius 2 is 1.89 bits per heavy atom. The quantitative estimate of drug-likeness (QED) is 0.600. The molecule has 0 fully saturated rings. The van der Waals surface area contributed by atoms with Crippen LogP contribution >= 0.6 is 0 Å². The van der Waals surface area contributed by atoms with Crippen molar-refractivity contribution in [1.82, 2.24) is 30.2 Å². The molecule has 0 aliphatic carbocycles. The van der Waals surface area contributed by atoms with Crippen LogP contribution in [-0.4, -0.2) is 43.9 Å². The van der Waals surface area contributed by atoms with Crippen molar-refractivity contribution in [2.45, 2.75) is 41.0 Å². The van der Waals surface area contributed by atoms with Gasteiger partial charge in [-0.05, 0) is 40.7 Å². The van der Waals surface area contributed by atoms with Crippen LogP contribution in [0.25, 0.3) is 5.82 Å². The Kier molecular flexibility index (Phi) is 5.72. The molecule has 2 N–H and O–H groups in total. The maximum Gasteiger partial charge on any atom is 0.224 e. The van der Waals surface area contributed by atoms with Gasteiger partial charge < -0.3 is 15.2 Å². The summed E-state index contributed by atoms with van der Waals surface area (Å²) in [5.74, 6) is 2.66. The Balaban J connectivity index is 1.55. The van der Waals surface area contributed by atoms with E-state index in [0.717, 1.165) is 22.6 Å². The summed E-state index contributed by atoms with van der Waals surface area (Å²) in [5.41, 5.74) is 3.53. The van der Waals surface area contributed by atoms with Gasteiger partial charge in [0.15, 0.2) is 5.82 Å². The second kappa shape index (κ2) is 8.20. The molecule has 3 aromatic rings. The van der Waals surface area contributed by atoms with Crippen molar-refractivity contribution in [2.24, 2.45) is 0 Å². The van der Waals surface area contributed by atoms with Crippen LogP contribution in [0.4, 0.5) is 5.82 Å². The molecule has 0 aliphatic heterocycles. The second-order valence-corrected chi connectivity index (χ2v) is 6.75. The number of carbonyl (C=O) groups is 1. The number of amides is 1. The number of rotatable bonds is 7. The predicted molar refractivity (Wildman–Crippen MR) is 105 cm³/mol. The number of nitrogens with zero attached hydrogens (tertiary/aromatic N) is 5. The highest BCUT2D eigenvalue weighted by atomic mass is 16.5. The highest BCUT2D eigenvalue weighted by molar-refractivity contribution is 5.79. The normalized spacial score (nSPS) is 10.9. The molecular formula is C19H25N7O2. The van der Waals surface area contributed by atoms with Crippen molar-refractivity contribution < 1.29 is 9.32 Å². The first kappa shape index (κ1) is 19.5. The zero-order valence-electron chi connectivity index (χ0n) is 16.8. The lowest BCUT2D eigenvalue weighted by Crippen LogP contribution is -2.30. The van der Waals surface area contributed by atoms with E-state index in [2.05, 4.69) is 30.9 Å². The summed E-state index contributed by atoms with van der Waals surface area (Å²) < 4.78 is 6.88. The van der Waals surface area contributed by atoms with Crippen LogP contribution in [0.1, 0.15) is 34.2 Å². The monoisotopic (exact) mass is 383 g/mol. The molecule has 1 amide bonds. The van der Waals surface area contributed by atoms with Gasteiger partial charge in [0.1, 0.15) is 17.4 Å². The molecule has 28 heavy (non-hydrogen) atoms. The lowest BCUT2D eigenvalue weighted by molar-refractivity contribution is -0.120. The lowest BCUT2D eigenvalue weighted by Gasteiger charge is -2.10. The first-order chi connectivity index (χ1) is 13.3. The first-order valence-corrected chi connectivity index (χ1v) is 9.15. The lowest BCUT2D eigenvalue weighted by atomic mass is 10.1. The minimum Gasteiger partial charge on any atom is -0.368 e. The van der Waals surface area contributed by atoms with Gasteiger partial charge in [-0.25, -0.2) is 14.6 Å². The van der Waals surface area contributed by atoms with Gasteiger partial charge >= 0.3 is 0 Å². The standard InChI is InChI=1S/C19H25N7O2/c1-11-8-12(2)26(24-11)18-10-17(22-15(5)23-18)20-6-7-21-19(27)9-16-13(3)25-28-14(16)4/h8,10H,6-7,9H2,1-5H3,(H,21,27)(H,20,22,23). The Labute approximate surface area is 163 Å². The SMILES string of the molecule is Cc1cc(C)n(-c2cc(NCCNC(=O)Cc3c(C)noc3C)nc(C)n2)n1. The minimum absolute atomic E-state index is 0.0709. The molecule has 3 aromatic heterocycles. The molecule has 0 radical (unpaired) electrons. The molecule has 0 saturated carbocycles. The van der Waals surface area contributed by atoms with Gasteiger partial charge in [0.2, 0.25) is 5.91 Å². The van der Waals surface area contributed by atoms with E-state index in [1.165, 1.54) is 0 Å². The van der Waals surface area contributed by atoms with Gasteiger partial charge in [-0.2, -0.15) is 5.10 Å². The molecule has 9 heteroatoms. The number of hydrogen-bond acceptors (Lipinski definition) is 7. The number of carbonyl (C=O) groups excluding carboxylic acids is 1. The van der Waals surface area contributed by atoms with Crippen molar-refractivity contribution in [1.29, 1.82) is 0 Å². The van der Waals surface area contributed by atoms with Crippen LogP contribution in [0.5, 0.6) is 0 Å². The van der Waals surface area contributed by atoms with E-state index in [1.807, 2.05) is 46.8 Å². The van der Waals surface area contributed by atoms with Crippen LogP contribution < -0.4 is 10.6 Å². The van der Waals surface area contributed by atoms with Gasteiger partial charge in [-0.15, -0.1) is 0 Å². The number of hydrogen-bond donors (Lipinski definition) is 2. The summed E-state index contributed by atoms with van der Waals surface area (Å²) in [5, 5.41) is 14.4. The Bertz CT molecular complexity index is 971. The summed E-state index contributed by atoms with van der Waals surface area (Å²) >= 11 is 0. The van der Waals surface area contributed by atoms with Gasteiger partial charge in [-0.1, -0.05) is 5.16 Å². The van der Waals surface area contributed by atoms with E-state index in [-0.39, 0.29) is 12.3 Å². The van der Waals surface area contributed by atoms with Crippen LogP contribution in [0, 0.1) is 34.6 Å². The topological polar surface area (TPSA) is 111 Å². The number of nitrogens with one attached hydrogen (secondary N) is 2. The van der Waals surface area contributed by atoms with Gasteiger partial charge in [0, 0.05) is 30.4 Å². The molecule has 0 unspecified atom stereocenters. The third-order valence-electron chi connectivity index (χ3n) is 4.32. The second-order valence-electron chi connectivity index (χ2n) is 6.75. The summed E-state index contributed by atoms with van der Waals surface area (Å²) in [4.78, 5) is 21.0. The molecule has 9 nitrogen and oxygen atoms in total. The Morgan fingerprint density at radius 1 is 1.11 bits per heavy atom. The molecule has 0 saturated heterocycles. The molecule has 0 aromatic carbocycles.